The molecule has 1 aromatic rings. The van der Waals surface area contributed by atoms with E-state index in [9.17, 15) is 22.4 Å². The molecule has 2 rings (SSSR count). The molecule has 1 saturated heterocycles. The lowest BCUT2D eigenvalue weighted by molar-refractivity contribution is -0.143. The van der Waals surface area contributed by atoms with Gasteiger partial charge in [-0.15, -0.1) is 0 Å². The topological polar surface area (TPSA) is 44.4 Å². The molecule has 0 bridgehead atoms. The zero-order chi connectivity index (χ0) is 16.3. The first-order valence-corrected chi connectivity index (χ1v) is 6.92. The Kier molecular flexibility index (Phi) is 5.12. The summed E-state index contributed by atoms with van der Waals surface area (Å²) in [6.07, 6.45) is -3.86. The number of rotatable bonds is 3. The van der Waals surface area contributed by atoms with E-state index in [0.29, 0.717) is 6.42 Å². The summed E-state index contributed by atoms with van der Waals surface area (Å²) in [6, 6.07) is 2.61. The Bertz CT molecular complexity index is 553. The molecule has 1 fully saturated rings. The monoisotopic (exact) mass is 339 g/mol. The van der Waals surface area contributed by atoms with Gasteiger partial charge in [-0.25, -0.2) is 9.18 Å². The molecule has 0 spiro atoms. The fourth-order valence-corrected chi connectivity index (χ4v) is 2.46. The van der Waals surface area contributed by atoms with E-state index < -0.39 is 30.6 Å². The van der Waals surface area contributed by atoms with E-state index in [1.807, 2.05) is 0 Å². The van der Waals surface area contributed by atoms with Crippen LogP contribution in [0.3, 0.4) is 0 Å². The number of anilines is 1. The second-order valence-electron chi connectivity index (χ2n) is 5.06. The summed E-state index contributed by atoms with van der Waals surface area (Å²) in [6.45, 7) is -0.656. The minimum Gasteiger partial charge on any atom is -0.334 e. The zero-order valence-corrected chi connectivity index (χ0v) is 12.1. The summed E-state index contributed by atoms with van der Waals surface area (Å²) >= 11 is 5.70. The van der Waals surface area contributed by atoms with Gasteiger partial charge in [-0.1, -0.05) is 11.6 Å². The largest absolute Gasteiger partial charge is 0.401 e. The lowest BCUT2D eigenvalue weighted by atomic mass is 10.2. The number of hydrogen-bond donors (Lipinski definition) is 2. The minimum atomic E-state index is -4.26. The zero-order valence-electron chi connectivity index (χ0n) is 11.4. The van der Waals surface area contributed by atoms with Gasteiger partial charge < -0.3 is 10.6 Å². The average Bonchev–Trinajstić information content (AvgIpc) is 2.78. The van der Waals surface area contributed by atoms with Crippen molar-refractivity contribution in [3.63, 3.8) is 0 Å². The molecule has 1 aliphatic heterocycles. The highest BCUT2D eigenvalue weighted by Gasteiger charge is 2.34. The van der Waals surface area contributed by atoms with Gasteiger partial charge in [0.25, 0.3) is 0 Å². The van der Waals surface area contributed by atoms with E-state index in [2.05, 4.69) is 10.6 Å². The van der Waals surface area contributed by atoms with Gasteiger partial charge in [0.15, 0.2) is 0 Å². The SMILES string of the molecule is O=C(Nc1cc(Cl)ccc1F)NC1CCN(CC(F)(F)F)C1. The molecule has 1 aromatic carbocycles. The Hall–Kier alpha value is -1.54. The highest BCUT2D eigenvalue weighted by molar-refractivity contribution is 6.30. The molecule has 1 atom stereocenters. The van der Waals surface area contributed by atoms with Crippen LogP contribution in [0.15, 0.2) is 18.2 Å². The van der Waals surface area contributed by atoms with Crippen LogP contribution in [0.2, 0.25) is 5.02 Å². The fraction of sp³-hybridized carbons (Fsp3) is 0.462. The van der Waals surface area contributed by atoms with Crippen molar-refractivity contribution in [3.8, 4) is 0 Å². The van der Waals surface area contributed by atoms with Gasteiger partial charge >= 0.3 is 12.2 Å². The number of carbonyl (C=O) groups is 1. The molecular weight excluding hydrogens is 326 g/mol. The molecule has 0 saturated carbocycles. The van der Waals surface area contributed by atoms with Crippen molar-refractivity contribution < 1.29 is 22.4 Å². The van der Waals surface area contributed by atoms with Gasteiger partial charge in [-0.3, -0.25) is 4.90 Å². The predicted molar refractivity (Wildman–Crippen MR) is 74.5 cm³/mol. The first-order chi connectivity index (χ1) is 10.2. The van der Waals surface area contributed by atoms with E-state index in [1.165, 1.54) is 17.0 Å². The molecule has 0 radical (unpaired) electrons. The molecule has 1 heterocycles. The first-order valence-electron chi connectivity index (χ1n) is 6.54. The van der Waals surface area contributed by atoms with Crippen molar-refractivity contribution in [2.75, 3.05) is 25.0 Å². The number of alkyl halides is 3. The summed E-state index contributed by atoms with van der Waals surface area (Å²) in [4.78, 5) is 13.0. The molecule has 0 aromatic heterocycles. The molecular formula is C13H14ClF4N3O. The number of hydrogen-bond acceptors (Lipinski definition) is 2. The lowest BCUT2D eigenvalue weighted by Gasteiger charge is -2.18. The fourth-order valence-electron chi connectivity index (χ4n) is 2.28. The van der Waals surface area contributed by atoms with Crippen molar-refractivity contribution in [2.24, 2.45) is 0 Å². The maximum absolute atomic E-state index is 13.5. The number of carbonyl (C=O) groups excluding carboxylic acids is 1. The van der Waals surface area contributed by atoms with Gasteiger partial charge in [0, 0.05) is 24.2 Å². The standard InChI is InChI=1S/C13H14ClF4N3O/c14-8-1-2-10(15)11(5-8)20-12(22)19-9-3-4-21(6-9)7-13(16,17)18/h1-2,5,9H,3-4,6-7H2,(H2,19,20,22). The number of benzene rings is 1. The van der Waals surface area contributed by atoms with E-state index in [0.717, 1.165) is 6.07 Å². The van der Waals surface area contributed by atoms with Crippen LogP contribution in [-0.4, -0.2) is 42.8 Å². The summed E-state index contributed by atoms with van der Waals surface area (Å²) in [5.41, 5.74) is -0.0878. The van der Waals surface area contributed by atoms with Crippen molar-refractivity contribution in [3.05, 3.63) is 29.0 Å². The predicted octanol–water partition coefficient (Wildman–Crippen LogP) is 3.24. The molecule has 0 aliphatic carbocycles. The van der Waals surface area contributed by atoms with Crippen molar-refractivity contribution in [2.45, 2.75) is 18.6 Å². The molecule has 2 amide bonds. The molecule has 2 N–H and O–H groups in total. The molecule has 1 aliphatic rings. The van der Waals surface area contributed by atoms with Crippen molar-refractivity contribution in [1.29, 1.82) is 0 Å². The van der Waals surface area contributed by atoms with E-state index >= 15 is 0 Å². The maximum Gasteiger partial charge on any atom is 0.401 e. The third kappa shape index (κ3) is 5.03. The van der Waals surface area contributed by atoms with Crippen molar-refractivity contribution in [1.82, 2.24) is 10.2 Å². The number of halogens is 5. The van der Waals surface area contributed by atoms with Crippen molar-refractivity contribution >= 4 is 23.3 Å². The third-order valence-electron chi connectivity index (χ3n) is 3.19. The van der Waals surface area contributed by atoms with Crippen LogP contribution in [0.25, 0.3) is 0 Å². The van der Waals surface area contributed by atoms with Gasteiger partial charge in [0.05, 0.1) is 12.2 Å². The first kappa shape index (κ1) is 16.8. The van der Waals surface area contributed by atoms with Crippen LogP contribution in [0.1, 0.15) is 6.42 Å². The molecule has 122 valence electrons. The van der Waals surface area contributed by atoms with Gasteiger partial charge in [0.2, 0.25) is 0 Å². The summed E-state index contributed by atoms with van der Waals surface area (Å²) < 4.78 is 50.3. The Morgan fingerprint density at radius 2 is 2.14 bits per heavy atom. The van der Waals surface area contributed by atoms with Crippen LogP contribution in [0.5, 0.6) is 0 Å². The maximum atomic E-state index is 13.5. The van der Waals surface area contributed by atoms with Gasteiger partial charge in [-0.2, -0.15) is 13.2 Å². The molecule has 1 unspecified atom stereocenters. The molecule has 4 nitrogen and oxygen atoms in total. The van der Waals surface area contributed by atoms with Crippen LogP contribution < -0.4 is 10.6 Å². The average molecular weight is 340 g/mol. The van der Waals surface area contributed by atoms with Gasteiger partial charge in [-0.05, 0) is 24.6 Å². The normalized spacial score (nSPS) is 19.2. The van der Waals surface area contributed by atoms with Gasteiger partial charge in [0.1, 0.15) is 5.82 Å². The van der Waals surface area contributed by atoms with E-state index in [4.69, 9.17) is 11.6 Å². The Labute approximate surface area is 129 Å². The van der Waals surface area contributed by atoms with Crippen LogP contribution >= 0.6 is 11.6 Å². The van der Waals surface area contributed by atoms with E-state index in [1.54, 1.807) is 0 Å². The number of nitrogens with one attached hydrogen (secondary N) is 2. The third-order valence-corrected chi connectivity index (χ3v) is 3.42. The number of urea groups is 1. The quantitative estimate of drug-likeness (QED) is 0.830. The number of amides is 2. The lowest BCUT2D eigenvalue weighted by Crippen LogP contribution is -2.41. The van der Waals surface area contributed by atoms with Crippen LogP contribution in [-0.2, 0) is 0 Å². The second kappa shape index (κ2) is 6.70. The number of likely N-dealkylation sites (tertiary alicyclic amines) is 1. The number of nitrogens with zero attached hydrogens (tertiary/aromatic N) is 1. The second-order valence-corrected chi connectivity index (χ2v) is 5.49. The summed E-state index contributed by atoms with van der Waals surface area (Å²) in [5, 5.41) is 5.07. The smallest absolute Gasteiger partial charge is 0.334 e. The van der Waals surface area contributed by atoms with Crippen LogP contribution in [0.4, 0.5) is 28.0 Å². The Morgan fingerprint density at radius 3 is 2.82 bits per heavy atom. The molecule has 9 heteroatoms. The molecule has 22 heavy (non-hydrogen) atoms. The Balaban J connectivity index is 1.84. The highest BCUT2D eigenvalue weighted by atomic mass is 35.5. The minimum absolute atomic E-state index is 0.0878. The summed E-state index contributed by atoms with van der Waals surface area (Å²) in [7, 11) is 0. The van der Waals surface area contributed by atoms with Crippen LogP contribution in [0, 0.1) is 5.82 Å². The Morgan fingerprint density at radius 1 is 1.41 bits per heavy atom. The van der Waals surface area contributed by atoms with E-state index in [-0.39, 0.29) is 23.8 Å². The highest BCUT2D eigenvalue weighted by Crippen LogP contribution is 2.21. The summed E-state index contributed by atoms with van der Waals surface area (Å²) in [5.74, 6) is -0.648.